The van der Waals surface area contributed by atoms with Crippen LogP contribution in [0.4, 0.5) is 0 Å². The van der Waals surface area contributed by atoms with E-state index in [4.69, 9.17) is 5.84 Å². The van der Waals surface area contributed by atoms with Crippen LogP contribution in [-0.4, -0.2) is 19.5 Å². The number of hydrogen-bond acceptors (Lipinski definition) is 3. The first-order valence-electron chi connectivity index (χ1n) is 1.95. The highest BCUT2D eigenvalue weighted by Gasteiger charge is 1.89. The monoisotopic (exact) mass is 103 g/mol. The number of carbonyl (C=O) groups excluding carboxylic acids is 1. The summed E-state index contributed by atoms with van der Waals surface area (Å²) in [4.78, 5) is 10.1. The lowest BCUT2D eigenvalue weighted by Crippen LogP contribution is -2.36. The minimum Gasteiger partial charge on any atom is -0.311 e. The van der Waals surface area contributed by atoms with Crippen LogP contribution >= 0.6 is 0 Å². The molecule has 4 heteroatoms. The molecule has 1 amide bonds. The smallest absolute Gasteiger partial charge is 0.247 e. The summed E-state index contributed by atoms with van der Waals surface area (Å²) in [5.74, 6) is 4.51. The van der Waals surface area contributed by atoms with Crippen molar-refractivity contribution in [1.82, 2.24) is 10.7 Å². The number of rotatable bonds is 2. The van der Waals surface area contributed by atoms with Crippen molar-refractivity contribution in [2.24, 2.45) is 5.84 Å². The van der Waals surface area contributed by atoms with Crippen LogP contribution in [-0.2, 0) is 4.79 Å². The Morgan fingerprint density at radius 2 is 2.43 bits per heavy atom. The molecule has 0 saturated heterocycles. The van der Waals surface area contributed by atoms with E-state index >= 15 is 0 Å². The van der Waals surface area contributed by atoms with Crippen molar-refractivity contribution in [3.05, 3.63) is 0 Å². The molecule has 0 rings (SSSR count). The number of nitrogens with one attached hydrogen (secondary N) is 2. The van der Waals surface area contributed by atoms with Gasteiger partial charge in [-0.1, -0.05) is 0 Å². The van der Waals surface area contributed by atoms with Gasteiger partial charge in [-0.05, 0) is 7.05 Å². The molecular weight excluding hydrogens is 94.1 g/mol. The third-order valence-corrected chi connectivity index (χ3v) is 0.498. The molecule has 0 aromatic carbocycles. The number of hydrogen-bond donors (Lipinski definition) is 3. The molecule has 0 aliphatic carbocycles. The fourth-order valence-electron chi connectivity index (χ4n) is 0.212. The molecule has 0 aromatic heterocycles. The summed E-state index contributed by atoms with van der Waals surface area (Å²) in [6, 6.07) is 0. The predicted octanol–water partition coefficient (Wildman–Crippen LogP) is -1.80. The normalized spacial score (nSPS) is 8.29. The Morgan fingerprint density at radius 1 is 1.86 bits per heavy atom. The van der Waals surface area contributed by atoms with E-state index in [-0.39, 0.29) is 12.5 Å². The Balaban J connectivity index is 3.00. The molecule has 0 fully saturated rings. The van der Waals surface area contributed by atoms with Gasteiger partial charge >= 0.3 is 0 Å². The Bertz CT molecular complexity index is 63.2. The van der Waals surface area contributed by atoms with Gasteiger partial charge in [-0.3, -0.25) is 10.2 Å². The molecule has 0 unspecified atom stereocenters. The summed E-state index contributed by atoms with van der Waals surface area (Å²) in [5, 5.41) is 2.63. The van der Waals surface area contributed by atoms with Gasteiger partial charge in [-0.25, -0.2) is 5.84 Å². The summed E-state index contributed by atoms with van der Waals surface area (Å²) < 4.78 is 0. The lowest BCUT2D eigenvalue weighted by atomic mass is 10.6. The predicted molar refractivity (Wildman–Crippen MR) is 26.3 cm³/mol. The zero-order valence-corrected chi connectivity index (χ0v) is 4.19. The fourth-order valence-corrected chi connectivity index (χ4v) is 0.212. The van der Waals surface area contributed by atoms with E-state index in [0.717, 1.165) is 0 Å². The second kappa shape index (κ2) is 3.58. The highest BCUT2D eigenvalue weighted by molar-refractivity contribution is 5.77. The summed E-state index contributed by atoms with van der Waals surface area (Å²) in [5.41, 5.74) is 1.96. The van der Waals surface area contributed by atoms with Crippen LogP contribution < -0.4 is 16.6 Å². The third-order valence-electron chi connectivity index (χ3n) is 0.498. The van der Waals surface area contributed by atoms with E-state index in [1.165, 1.54) is 0 Å². The minimum atomic E-state index is -0.206. The van der Waals surface area contributed by atoms with E-state index in [0.29, 0.717) is 0 Å². The summed E-state index contributed by atoms with van der Waals surface area (Å²) >= 11 is 0. The third kappa shape index (κ3) is 3.21. The van der Waals surface area contributed by atoms with Crippen LogP contribution in [0.1, 0.15) is 0 Å². The van der Waals surface area contributed by atoms with Crippen molar-refractivity contribution < 1.29 is 4.79 Å². The molecular formula is C3H9N3O. The first kappa shape index (κ1) is 6.39. The van der Waals surface area contributed by atoms with Gasteiger partial charge in [0.1, 0.15) is 0 Å². The van der Waals surface area contributed by atoms with Crippen LogP contribution in [0, 0.1) is 0 Å². The average Bonchev–Trinajstić information content (AvgIpc) is 1.68. The average molecular weight is 103 g/mol. The van der Waals surface area contributed by atoms with Crippen molar-refractivity contribution in [1.29, 1.82) is 0 Å². The molecule has 0 bridgehead atoms. The van der Waals surface area contributed by atoms with Gasteiger partial charge in [-0.15, -0.1) is 0 Å². The zero-order valence-electron chi connectivity index (χ0n) is 4.19. The fraction of sp³-hybridized carbons (Fsp3) is 0.667. The van der Waals surface area contributed by atoms with Crippen molar-refractivity contribution in [3.63, 3.8) is 0 Å². The Hall–Kier alpha value is -0.610. The lowest BCUT2D eigenvalue weighted by molar-refractivity contribution is -0.120. The standard InChI is InChI=1S/C3H9N3O/c1-5-2-3(7)6-4/h5H,2,4H2,1H3,(H,6,7). The summed E-state index contributed by atoms with van der Waals surface area (Å²) in [6.07, 6.45) is 0. The molecule has 42 valence electrons. The van der Waals surface area contributed by atoms with Gasteiger partial charge in [0.25, 0.3) is 0 Å². The lowest BCUT2D eigenvalue weighted by Gasteiger charge is -1.93. The molecule has 0 aromatic rings. The van der Waals surface area contributed by atoms with Crippen LogP contribution in [0.25, 0.3) is 0 Å². The molecule has 4 nitrogen and oxygen atoms in total. The van der Waals surface area contributed by atoms with Gasteiger partial charge < -0.3 is 5.32 Å². The molecule has 0 spiro atoms. The minimum absolute atomic E-state index is 0.206. The largest absolute Gasteiger partial charge is 0.311 e. The quantitative estimate of drug-likeness (QED) is 0.219. The van der Waals surface area contributed by atoms with Crippen LogP contribution in [0.5, 0.6) is 0 Å². The Kier molecular flexibility index (Phi) is 3.26. The number of amides is 1. The Morgan fingerprint density at radius 3 is 2.57 bits per heavy atom. The number of carbonyl (C=O) groups is 1. The molecule has 0 saturated carbocycles. The molecule has 0 atom stereocenters. The second-order valence-corrected chi connectivity index (χ2v) is 1.10. The van der Waals surface area contributed by atoms with Crippen LogP contribution in [0.15, 0.2) is 0 Å². The van der Waals surface area contributed by atoms with Crippen molar-refractivity contribution in [2.75, 3.05) is 13.6 Å². The van der Waals surface area contributed by atoms with E-state index < -0.39 is 0 Å². The first-order valence-corrected chi connectivity index (χ1v) is 1.95. The molecule has 0 radical (unpaired) electrons. The maximum Gasteiger partial charge on any atom is 0.247 e. The molecule has 4 N–H and O–H groups in total. The van der Waals surface area contributed by atoms with E-state index in [1.807, 2.05) is 5.43 Å². The number of hydrazine groups is 1. The number of nitrogens with two attached hydrogens (primary N) is 1. The van der Waals surface area contributed by atoms with Crippen LogP contribution in [0.2, 0.25) is 0 Å². The van der Waals surface area contributed by atoms with Gasteiger partial charge in [0, 0.05) is 0 Å². The highest BCUT2D eigenvalue weighted by atomic mass is 16.2. The van der Waals surface area contributed by atoms with Gasteiger partial charge in [0.15, 0.2) is 0 Å². The van der Waals surface area contributed by atoms with Gasteiger partial charge in [-0.2, -0.15) is 0 Å². The van der Waals surface area contributed by atoms with Gasteiger partial charge in [0.2, 0.25) is 5.91 Å². The van der Waals surface area contributed by atoms with Crippen molar-refractivity contribution in [3.8, 4) is 0 Å². The SMILES string of the molecule is CNCC(=O)NN. The summed E-state index contributed by atoms with van der Waals surface area (Å²) in [6.45, 7) is 0.274. The maximum atomic E-state index is 10.1. The highest BCUT2D eigenvalue weighted by Crippen LogP contribution is 1.50. The summed E-state index contributed by atoms with van der Waals surface area (Å²) in [7, 11) is 1.68. The van der Waals surface area contributed by atoms with Crippen LogP contribution in [0.3, 0.4) is 0 Å². The molecule has 0 heterocycles. The molecule has 7 heavy (non-hydrogen) atoms. The van der Waals surface area contributed by atoms with E-state index in [1.54, 1.807) is 7.05 Å². The van der Waals surface area contributed by atoms with E-state index in [9.17, 15) is 4.79 Å². The zero-order chi connectivity index (χ0) is 5.70. The van der Waals surface area contributed by atoms with E-state index in [2.05, 4.69) is 5.32 Å². The van der Waals surface area contributed by atoms with Crippen molar-refractivity contribution >= 4 is 5.91 Å². The van der Waals surface area contributed by atoms with Crippen molar-refractivity contribution in [2.45, 2.75) is 0 Å². The first-order chi connectivity index (χ1) is 3.31. The molecule has 0 aliphatic heterocycles. The maximum absolute atomic E-state index is 10.1. The Labute approximate surface area is 42.0 Å². The molecule has 0 aliphatic rings. The topological polar surface area (TPSA) is 67.2 Å². The van der Waals surface area contributed by atoms with Gasteiger partial charge in [0.05, 0.1) is 6.54 Å². The number of likely N-dealkylation sites (N-methyl/N-ethyl adjacent to an activating group) is 1. The second-order valence-electron chi connectivity index (χ2n) is 1.10.